The Morgan fingerprint density at radius 3 is 2.47 bits per heavy atom. The molecule has 0 fully saturated rings. The second-order valence-electron chi connectivity index (χ2n) is 8.71. The third kappa shape index (κ3) is 6.00. The quantitative estimate of drug-likeness (QED) is 0.399. The third-order valence-corrected chi connectivity index (χ3v) is 6.32. The van der Waals surface area contributed by atoms with E-state index in [0.29, 0.717) is 23.6 Å². The number of carbonyl (C=O) groups is 2. The maximum atomic E-state index is 13.8. The summed E-state index contributed by atoms with van der Waals surface area (Å²) in [5.41, 5.74) is 2.48. The zero-order valence-electron chi connectivity index (χ0n) is 21.6. The topological polar surface area (TPSA) is 80.7 Å². The highest BCUT2D eigenvalue weighted by molar-refractivity contribution is 6.05. The number of hydrogen-bond donors (Lipinski definition) is 0. The van der Waals surface area contributed by atoms with Gasteiger partial charge in [0.2, 0.25) is 0 Å². The minimum absolute atomic E-state index is 0.155. The number of methoxy groups -OCH3 is 3. The average Bonchev–Trinajstić information content (AvgIpc) is 3.40. The number of ether oxygens (including phenoxy) is 3. The Morgan fingerprint density at radius 2 is 1.79 bits per heavy atom. The fourth-order valence-corrected chi connectivity index (χ4v) is 4.37. The molecule has 1 atom stereocenters. The van der Waals surface area contributed by atoms with E-state index in [1.165, 1.54) is 35.2 Å². The predicted molar refractivity (Wildman–Crippen MR) is 141 cm³/mol. The van der Waals surface area contributed by atoms with Gasteiger partial charge in [-0.3, -0.25) is 9.59 Å². The highest BCUT2D eigenvalue weighted by Crippen LogP contribution is 2.36. The number of hydrogen-bond acceptors (Lipinski definition) is 6. The summed E-state index contributed by atoms with van der Waals surface area (Å²) < 4.78 is 29.8. The number of halogens is 1. The first-order valence-corrected chi connectivity index (χ1v) is 12.2. The van der Waals surface area contributed by atoms with Crippen LogP contribution in [-0.4, -0.2) is 68.5 Å². The van der Waals surface area contributed by atoms with Gasteiger partial charge in [0.1, 0.15) is 23.9 Å². The van der Waals surface area contributed by atoms with Crippen LogP contribution in [0.5, 0.6) is 11.5 Å². The molecule has 0 aliphatic carbocycles. The summed E-state index contributed by atoms with van der Waals surface area (Å²) in [6.45, 7) is 0.122. The summed E-state index contributed by atoms with van der Waals surface area (Å²) in [6, 6.07) is 20.0. The van der Waals surface area contributed by atoms with Crippen LogP contribution >= 0.6 is 0 Å². The Kier molecular flexibility index (Phi) is 8.70. The van der Waals surface area contributed by atoms with Crippen molar-refractivity contribution in [1.29, 1.82) is 0 Å². The molecule has 0 saturated heterocycles. The molecule has 8 nitrogen and oxygen atoms in total. The molecule has 0 aromatic heterocycles. The molecule has 38 heavy (non-hydrogen) atoms. The van der Waals surface area contributed by atoms with Gasteiger partial charge in [0.15, 0.2) is 0 Å². The molecular formula is C29H30FN3O5. The monoisotopic (exact) mass is 519 g/mol. The summed E-state index contributed by atoms with van der Waals surface area (Å²) in [7, 11) is 4.66. The van der Waals surface area contributed by atoms with Crippen molar-refractivity contribution < 1.29 is 28.2 Å². The van der Waals surface area contributed by atoms with Crippen molar-refractivity contribution in [1.82, 2.24) is 9.91 Å². The molecule has 1 aliphatic heterocycles. The van der Waals surface area contributed by atoms with E-state index in [1.807, 2.05) is 42.5 Å². The number of rotatable bonds is 10. The van der Waals surface area contributed by atoms with E-state index in [4.69, 9.17) is 19.3 Å². The molecule has 9 heteroatoms. The number of carbonyl (C=O) groups excluding carboxylic acids is 2. The molecule has 1 aliphatic rings. The van der Waals surface area contributed by atoms with Gasteiger partial charge in [0.25, 0.3) is 11.8 Å². The van der Waals surface area contributed by atoms with E-state index in [2.05, 4.69) is 0 Å². The number of benzene rings is 3. The third-order valence-electron chi connectivity index (χ3n) is 6.32. The van der Waals surface area contributed by atoms with Gasteiger partial charge >= 0.3 is 0 Å². The summed E-state index contributed by atoms with van der Waals surface area (Å²) in [5, 5.41) is 6.13. The lowest BCUT2D eigenvalue weighted by molar-refractivity contribution is -0.133. The smallest absolute Gasteiger partial charge is 0.262 e. The zero-order valence-corrected chi connectivity index (χ0v) is 21.6. The van der Waals surface area contributed by atoms with Gasteiger partial charge in [-0.25, -0.2) is 9.40 Å². The first kappa shape index (κ1) is 26.8. The summed E-state index contributed by atoms with van der Waals surface area (Å²) in [6.07, 6.45) is 0.453. The molecule has 0 radical (unpaired) electrons. The second kappa shape index (κ2) is 12.3. The van der Waals surface area contributed by atoms with Crippen LogP contribution in [0.2, 0.25) is 0 Å². The minimum atomic E-state index is -0.528. The molecule has 1 heterocycles. The van der Waals surface area contributed by atoms with Gasteiger partial charge in [0, 0.05) is 37.3 Å². The highest BCUT2D eigenvalue weighted by Gasteiger charge is 2.35. The van der Waals surface area contributed by atoms with Crippen molar-refractivity contribution in [2.45, 2.75) is 12.5 Å². The molecule has 0 N–H and O–H groups in total. The number of nitrogens with zero attached hydrogens (tertiary/aromatic N) is 3. The van der Waals surface area contributed by atoms with Crippen LogP contribution in [0.3, 0.4) is 0 Å². The van der Waals surface area contributed by atoms with Gasteiger partial charge in [-0.05, 0) is 35.9 Å². The first-order valence-electron chi connectivity index (χ1n) is 12.2. The molecule has 2 amide bonds. The van der Waals surface area contributed by atoms with E-state index in [0.717, 1.165) is 17.2 Å². The van der Waals surface area contributed by atoms with Gasteiger partial charge in [-0.1, -0.05) is 36.4 Å². The van der Waals surface area contributed by atoms with Gasteiger partial charge in [-0.2, -0.15) is 5.10 Å². The molecule has 0 spiro atoms. The van der Waals surface area contributed by atoms with Gasteiger partial charge in [0.05, 0.1) is 32.6 Å². The Hall–Kier alpha value is -4.24. The highest BCUT2D eigenvalue weighted by atomic mass is 19.1. The standard InChI is InChI=1S/C29H30FN3O5/c1-36-15-14-32(29(35)21-10-7-11-22(30)16-21)19-28(34)33-26(20-8-5-4-6-9-20)18-25(31-33)24-13-12-23(37-2)17-27(24)38-3/h4-13,16-17,26H,14-15,18-19H2,1-3H3. The zero-order chi connectivity index (χ0) is 27.1. The van der Waals surface area contributed by atoms with Crippen LogP contribution in [0.4, 0.5) is 4.39 Å². The minimum Gasteiger partial charge on any atom is -0.497 e. The number of amides is 2. The maximum Gasteiger partial charge on any atom is 0.262 e. The average molecular weight is 520 g/mol. The molecule has 1 unspecified atom stereocenters. The second-order valence-corrected chi connectivity index (χ2v) is 8.71. The van der Waals surface area contributed by atoms with Crippen LogP contribution in [0.25, 0.3) is 0 Å². The van der Waals surface area contributed by atoms with Crippen molar-refractivity contribution in [2.75, 3.05) is 41.0 Å². The van der Waals surface area contributed by atoms with Crippen LogP contribution in [0.15, 0.2) is 77.9 Å². The lowest BCUT2D eigenvalue weighted by Crippen LogP contribution is -2.42. The van der Waals surface area contributed by atoms with Crippen LogP contribution in [0.1, 0.15) is 33.9 Å². The van der Waals surface area contributed by atoms with E-state index >= 15 is 0 Å². The molecule has 0 saturated carbocycles. The van der Waals surface area contributed by atoms with Crippen molar-refractivity contribution in [3.63, 3.8) is 0 Å². The fraction of sp³-hybridized carbons (Fsp3) is 0.276. The molecule has 0 bridgehead atoms. The van der Waals surface area contributed by atoms with E-state index in [1.54, 1.807) is 20.3 Å². The molecular weight excluding hydrogens is 489 g/mol. The maximum absolute atomic E-state index is 13.8. The Bertz CT molecular complexity index is 1310. The van der Waals surface area contributed by atoms with Crippen molar-refractivity contribution in [3.05, 3.63) is 95.3 Å². The van der Waals surface area contributed by atoms with E-state index < -0.39 is 11.7 Å². The Labute approximate surface area is 221 Å². The lowest BCUT2D eigenvalue weighted by Gasteiger charge is -2.27. The fourth-order valence-electron chi connectivity index (χ4n) is 4.37. The summed E-state index contributed by atoms with van der Waals surface area (Å²) >= 11 is 0. The summed E-state index contributed by atoms with van der Waals surface area (Å²) in [4.78, 5) is 28.3. The van der Waals surface area contributed by atoms with E-state index in [-0.39, 0.29) is 37.2 Å². The largest absolute Gasteiger partial charge is 0.497 e. The number of hydrazone groups is 1. The van der Waals surface area contributed by atoms with Crippen molar-refractivity contribution >= 4 is 17.5 Å². The van der Waals surface area contributed by atoms with Crippen molar-refractivity contribution in [2.24, 2.45) is 5.10 Å². The molecule has 3 aromatic rings. The lowest BCUT2D eigenvalue weighted by atomic mass is 9.98. The van der Waals surface area contributed by atoms with Crippen molar-refractivity contribution in [3.8, 4) is 11.5 Å². The first-order chi connectivity index (χ1) is 18.4. The summed E-state index contributed by atoms with van der Waals surface area (Å²) in [5.74, 6) is -0.151. The predicted octanol–water partition coefficient (Wildman–Crippen LogP) is 4.31. The Morgan fingerprint density at radius 1 is 1.00 bits per heavy atom. The molecule has 4 rings (SSSR count). The van der Waals surface area contributed by atoms with E-state index in [9.17, 15) is 14.0 Å². The molecule has 3 aromatic carbocycles. The molecule has 198 valence electrons. The van der Waals surface area contributed by atoms with Crippen LogP contribution in [0, 0.1) is 5.82 Å². The van der Waals surface area contributed by atoms with Gasteiger partial charge in [-0.15, -0.1) is 0 Å². The SMILES string of the molecule is COCCN(CC(=O)N1N=C(c2ccc(OC)cc2OC)CC1c1ccccc1)C(=O)c1cccc(F)c1. The Balaban J connectivity index is 1.66. The van der Waals surface area contributed by atoms with Crippen LogP contribution < -0.4 is 9.47 Å². The normalized spacial score (nSPS) is 14.7. The van der Waals surface area contributed by atoms with Gasteiger partial charge < -0.3 is 19.1 Å². The van der Waals surface area contributed by atoms with Crippen LogP contribution in [-0.2, 0) is 9.53 Å².